The second-order valence-corrected chi connectivity index (χ2v) is 6.84. The van der Waals surface area contributed by atoms with Crippen LogP contribution in [0.25, 0.3) is 0 Å². The summed E-state index contributed by atoms with van der Waals surface area (Å²) in [4.78, 5) is 5.38. The molecule has 3 rings (SSSR count). The Labute approximate surface area is 117 Å². The minimum Gasteiger partial charge on any atom is -0.389 e. The van der Waals surface area contributed by atoms with E-state index in [1.54, 1.807) is 11.8 Å². The van der Waals surface area contributed by atoms with Gasteiger partial charge < -0.3 is 9.40 Å². The monoisotopic (exact) mass is 280 g/mol. The van der Waals surface area contributed by atoms with Crippen LogP contribution in [-0.4, -0.2) is 25.4 Å². The number of rotatable bonds is 4. The van der Waals surface area contributed by atoms with E-state index >= 15 is 0 Å². The first-order valence-corrected chi connectivity index (χ1v) is 7.88. The molecule has 6 heteroatoms. The van der Waals surface area contributed by atoms with Crippen LogP contribution in [0.15, 0.2) is 5.16 Å². The minimum atomic E-state index is -0.152. The zero-order valence-electron chi connectivity index (χ0n) is 11.7. The van der Waals surface area contributed by atoms with Gasteiger partial charge in [0.05, 0.1) is 5.75 Å². The zero-order valence-corrected chi connectivity index (χ0v) is 12.5. The smallest absolute Gasteiger partial charge is 0.143 e. The minimum absolute atomic E-state index is 0.152. The summed E-state index contributed by atoms with van der Waals surface area (Å²) < 4.78 is 2.33. The van der Waals surface area contributed by atoms with E-state index in [-0.39, 0.29) is 5.60 Å². The molecule has 1 fully saturated rings. The maximum atomic E-state index is 5.38. The molecule has 2 heterocycles. The van der Waals surface area contributed by atoms with Gasteiger partial charge in [0.1, 0.15) is 22.3 Å². The van der Waals surface area contributed by atoms with Crippen LogP contribution in [0.4, 0.5) is 0 Å². The summed E-state index contributed by atoms with van der Waals surface area (Å²) in [7, 11) is 0. The third kappa shape index (κ3) is 2.78. The lowest BCUT2D eigenvalue weighted by molar-refractivity contribution is 0.0123. The third-order valence-corrected chi connectivity index (χ3v) is 4.36. The molecule has 1 saturated carbocycles. The Kier molecular flexibility index (Phi) is 3.28. The Hall–Kier alpha value is -1.04. The van der Waals surface area contributed by atoms with Gasteiger partial charge in [-0.25, -0.2) is 0 Å². The molecular formula is C13H20N4OS. The average Bonchev–Trinajstić information content (AvgIpc) is 3.03. The van der Waals surface area contributed by atoms with Crippen LogP contribution in [0, 0.1) is 0 Å². The molecule has 5 nitrogen and oxygen atoms in total. The zero-order chi connectivity index (χ0) is 13.5. The summed E-state index contributed by atoms with van der Waals surface area (Å²) in [5, 5.41) is 13.8. The van der Waals surface area contributed by atoms with E-state index in [1.165, 1.54) is 12.8 Å². The van der Waals surface area contributed by atoms with Crippen molar-refractivity contribution in [1.82, 2.24) is 14.8 Å². The fourth-order valence-electron chi connectivity index (χ4n) is 2.28. The van der Waals surface area contributed by atoms with Crippen molar-refractivity contribution in [3.63, 3.8) is 0 Å². The van der Waals surface area contributed by atoms with Gasteiger partial charge in [-0.1, -0.05) is 23.8 Å². The van der Waals surface area contributed by atoms with Gasteiger partial charge in [-0.3, -0.25) is 0 Å². The van der Waals surface area contributed by atoms with E-state index in [4.69, 9.17) is 4.84 Å². The molecule has 1 aromatic heterocycles. The van der Waals surface area contributed by atoms with Gasteiger partial charge >= 0.3 is 0 Å². The molecular weight excluding hydrogens is 260 g/mol. The fraction of sp³-hybridized carbons (Fsp3) is 0.769. The van der Waals surface area contributed by atoms with E-state index < -0.39 is 0 Å². The van der Waals surface area contributed by atoms with Crippen LogP contribution in [0.1, 0.15) is 57.7 Å². The highest BCUT2D eigenvalue weighted by Crippen LogP contribution is 2.38. The summed E-state index contributed by atoms with van der Waals surface area (Å²) in [6, 6.07) is 0.638. The number of nitrogens with zero attached hydrogens (tertiary/aromatic N) is 4. The molecule has 0 N–H and O–H groups in total. The maximum Gasteiger partial charge on any atom is 0.143 e. The van der Waals surface area contributed by atoms with E-state index in [0.29, 0.717) is 6.04 Å². The van der Waals surface area contributed by atoms with E-state index in [1.807, 2.05) is 0 Å². The number of oxime groups is 1. The average molecular weight is 280 g/mol. The van der Waals surface area contributed by atoms with Gasteiger partial charge in [0, 0.05) is 18.9 Å². The number of hydrogen-bond donors (Lipinski definition) is 0. The molecule has 0 spiro atoms. The first kappa shape index (κ1) is 13.0. The van der Waals surface area contributed by atoms with E-state index in [0.717, 1.165) is 35.3 Å². The predicted octanol–water partition coefficient (Wildman–Crippen LogP) is 2.92. The van der Waals surface area contributed by atoms with Crippen molar-refractivity contribution in [1.29, 1.82) is 0 Å². The quantitative estimate of drug-likeness (QED) is 0.851. The number of aryl methyl sites for hydroxylation is 1. The molecule has 0 bridgehead atoms. The first-order valence-electron chi connectivity index (χ1n) is 6.89. The summed E-state index contributed by atoms with van der Waals surface area (Å²) >= 11 is 1.72. The van der Waals surface area contributed by atoms with Crippen molar-refractivity contribution in [3.05, 3.63) is 11.6 Å². The van der Waals surface area contributed by atoms with Crippen LogP contribution >= 0.6 is 11.8 Å². The lowest BCUT2D eigenvalue weighted by Crippen LogP contribution is -2.18. The highest BCUT2D eigenvalue weighted by Gasteiger charge is 2.31. The van der Waals surface area contributed by atoms with Crippen molar-refractivity contribution in [3.8, 4) is 0 Å². The maximum absolute atomic E-state index is 5.38. The lowest BCUT2D eigenvalue weighted by atomic mass is 10.1. The Morgan fingerprint density at radius 1 is 1.32 bits per heavy atom. The van der Waals surface area contributed by atoms with Crippen LogP contribution in [0.3, 0.4) is 0 Å². The number of hydrogen-bond acceptors (Lipinski definition) is 5. The second kappa shape index (κ2) is 4.81. The highest BCUT2D eigenvalue weighted by molar-refractivity contribution is 8.13. The standard InChI is InChI=1S/C13H20N4OS/c1-4-10-14-15-11(17(10)9-5-6-9)8-19-12-7-13(2,3)18-16-12/h9H,4-8H2,1-3H3. The highest BCUT2D eigenvalue weighted by atomic mass is 32.2. The molecule has 1 aromatic rings. The van der Waals surface area contributed by atoms with Crippen LogP contribution in [0.2, 0.25) is 0 Å². The van der Waals surface area contributed by atoms with Crippen LogP contribution in [0.5, 0.6) is 0 Å². The van der Waals surface area contributed by atoms with Crippen LogP contribution < -0.4 is 0 Å². The summed E-state index contributed by atoms with van der Waals surface area (Å²) in [5.41, 5.74) is -0.152. The Morgan fingerprint density at radius 3 is 2.63 bits per heavy atom. The predicted molar refractivity (Wildman–Crippen MR) is 76.2 cm³/mol. The molecule has 1 aliphatic carbocycles. The summed E-state index contributed by atoms with van der Waals surface area (Å²) in [6.45, 7) is 6.26. The Morgan fingerprint density at radius 2 is 2.05 bits per heavy atom. The molecule has 1 aliphatic heterocycles. The number of thioether (sulfide) groups is 1. The molecule has 104 valence electrons. The fourth-order valence-corrected chi connectivity index (χ4v) is 3.32. The summed E-state index contributed by atoms with van der Waals surface area (Å²) in [6.07, 6.45) is 4.36. The van der Waals surface area contributed by atoms with Gasteiger partial charge in [-0.05, 0) is 26.7 Å². The Bertz CT molecular complexity index is 505. The molecule has 2 aliphatic rings. The van der Waals surface area contributed by atoms with Crippen LogP contribution in [-0.2, 0) is 17.0 Å². The third-order valence-electron chi connectivity index (χ3n) is 3.40. The van der Waals surface area contributed by atoms with E-state index in [9.17, 15) is 0 Å². The Balaban J connectivity index is 1.66. The van der Waals surface area contributed by atoms with Crippen molar-refractivity contribution in [2.75, 3.05) is 0 Å². The topological polar surface area (TPSA) is 52.3 Å². The molecule has 0 amide bonds. The molecule has 0 atom stereocenters. The van der Waals surface area contributed by atoms with Crippen molar-refractivity contribution < 1.29 is 4.84 Å². The summed E-state index contributed by atoms with van der Waals surface area (Å²) in [5.74, 6) is 3.03. The van der Waals surface area contributed by atoms with Gasteiger partial charge in [0.2, 0.25) is 0 Å². The SMILES string of the molecule is CCc1nnc(CSC2=NOC(C)(C)C2)n1C1CC1. The largest absolute Gasteiger partial charge is 0.389 e. The lowest BCUT2D eigenvalue weighted by Gasteiger charge is -2.13. The van der Waals surface area contributed by atoms with Crippen molar-refractivity contribution >= 4 is 16.8 Å². The molecule has 0 saturated heterocycles. The molecule has 0 radical (unpaired) electrons. The van der Waals surface area contributed by atoms with Crippen molar-refractivity contribution in [2.45, 2.75) is 63.9 Å². The van der Waals surface area contributed by atoms with Gasteiger partial charge in [-0.15, -0.1) is 10.2 Å². The van der Waals surface area contributed by atoms with Crippen molar-refractivity contribution in [2.24, 2.45) is 5.16 Å². The molecule has 19 heavy (non-hydrogen) atoms. The van der Waals surface area contributed by atoms with Gasteiger partial charge in [-0.2, -0.15) is 0 Å². The normalized spacial score (nSPS) is 21.3. The second-order valence-electron chi connectivity index (χ2n) is 5.79. The van der Waals surface area contributed by atoms with Gasteiger partial charge in [0.15, 0.2) is 0 Å². The first-order chi connectivity index (χ1) is 9.09. The number of aromatic nitrogens is 3. The van der Waals surface area contributed by atoms with Gasteiger partial charge in [0.25, 0.3) is 0 Å². The van der Waals surface area contributed by atoms with E-state index in [2.05, 4.69) is 40.7 Å². The molecule has 0 unspecified atom stereocenters. The molecule has 0 aromatic carbocycles.